The summed E-state index contributed by atoms with van der Waals surface area (Å²) in [6.07, 6.45) is 6.45. The van der Waals surface area contributed by atoms with Crippen molar-refractivity contribution in [2.45, 2.75) is 13.0 Å². The summed E-state index contributed by atoms with van der Waals surface area (Å²) in [5, 5.41) is 4.91. The summed E-state index contributed by atoms with van der Waals surface area (Å²) in [7, 11) is 0. The first kappa shape index (κ1) is 21.1. The number of fused-ring (bicyclic) bond motifs is 2. The topological polar surface area (TPSA) is 98.5 Å². The molecule has 6 rings (SSSR count). The highest BCUT2D eigenvalue weighted by Crippen LogP contribution is 2.30. The zero-order chi connectivity index (χ0) is 23.8. The molecule has 0 aliphatic carbocycles. The van der Waals surface area contributed by atoms with Crippen LogP contribution in [0, 0.1) is 0 Å². The van der Waals surface area contributed by atoms with Crippen molar-refractivity contribution in [1.29, 1.82) is 0 Å². The number of thiazole rings is 1. The molecule has 1 N–H and O–H groups in total. The van der Waals surface area contributed by atoms with Gasteiger partial charge in [-0.2, -0.15) is 0 Å². The van der Waals surface area contributed by atoms with Crippen molar-refractivity contribution in [2.75, 3.05) is 5.32 Å². The van der Waals surface area contributed by atoms with Gasteiger partial charge in [-0.1, -0.05) is 36.4 Å². The molecule has 170 valence electrons. The molecule has 0 saturated heterocycles. The molecule has 6 aromatic rings. The van der Waals surface area contributed by atoms with Crippen molar-refractivity contribution in [3.8, 4) is 16.8 Å². The molecule has 0 aliphatic rings. The lowest BCUT2D eigenvalue weighted by molar-refractivity contribution is 0.774. The van der Waals surface area contributed by atoms with E-state index < -0.39 is 0 Å². The normalized spacial score (nSPS) is 12.1. The molecule has 0 radical (unpaired) electrons. The molecule has 0 bridgehead atoms. The minimum atomic E-state index is -0.254. The van der Waals surface area contributed by atoms with Crippen LogP contribution in [0.1, 0.15) is 18.7 Å². The van der Waals surface area contributed by atoms with Gasteiger partial charge >= 0.3 is 0 Å². The van der Waals surface area contributed by atoms with Gasteiger partial charge in [0.15, 0.2) is 5.82 Å². The number of nitrogens with zero attached hydrogens (tertiary/aromatic N) is 6. The maximum atomic E-state index is 14.1. The number of para-hydroxylation sites is 1. The Balaban J connectivity index is 1.58. The third kappa shape index (κ3) is 3.71. The molecule has 0 fully saturated rings. The van der Waals surface area contributed by atoms with E-state index in [1.54, 1.807) is 22.5 Å². The molecule has 2 aromatic carbocycles. The van der Waals surface area contributed by atoms with Crippen LogP contribution in [0.3, 0.4) is 0 Å². The van der Waals surface area contributed by atoms with E-state index in [0.717, 1.165) is 32.7 Å². The highest BCUT2D eigenvalue weighted by Gasteiger charge is 2.20. The van der Waals surface area contributed by atoms with Crippen molar-refractivity contribution in [3.05, 3.63) is 101 Å². The van der Waals surface area contributed by atoms with E-state index >= 15 is 0 Å². The van der Waals surface area contributed by atoms with E-state index in [2.05, 4.69) is 30.2 Å². The average molecular weight is 478 g/mol. The van der Waals surface area contributed by atoms with Gasteiger partial charge in [0.25, 0.3) is 5.56 Å². The van der Waals surface area contributed by atoms with E-state index in [0.29, 0.717) is 16.7 Å². The lowest BCUT2D eigenvalue weighted by atomic mass is 9.99. The van der Waals surface area contributed by atoms with Gasteiger partial charge < -0.3 is 5.32 Å². The molecule has 0 aliphatic heterocycles. The third-order valence-electron chi connectivity index (χ3n) is 5.89. The molecule has 4 heterocycles. The van der Waals surface area contributed by atoms with Crippen molar-refractivity contribution in [2.24, 2.45) is 0 Å². The second-order valence-electron chi connectivity index (χ2n) is 8.04. The summed E-state index contributed by atoms with van der Waals surface area (Å²) in [5.41, 5.74) is 5.52. The van der Waals surface area contributed by atoms with Crippen LogP contribution in [0.5, 0.6) is 0 Å². The fourth-order valence-corrected chi connectivity index (χ4v) is 4.93. The van der Waals surface area contributed by atoms with Gasteiger partial charge in [-0.25, -0.2) is 24.9 Å². The molecule has 0 spiro atoms. The maximum Gasteiger partial charge on any atom is 0.263 e. The minimum absolute atomic E-state index is 0.113. The maximum absolute atomic E-state index is 14.1. The molecule has 8 nitrogen and oxygen atoms in total. The monoisotopic (exact) mass is 477 g/mol. The quantitative estimate of drug-likeness (QED) is 0.372. The summed E-state index contributed by atoms with van der Waals surface area (Å²) in [6, 6.07) is 17.3. The van der Waals surface area contributed by atoms with E-state index in [9.17, 15) is 4.79 Å². The Morgan fingerprint density at radius 3 is 2.60 bits per heavy atom. The Bertz CT molecular complexity index is 1710. The lowest BCUT2D eigenvalue weighted by Gasteiger charge is -2.22. The fourth-order valence-electron chi connectivity index (χ4n) is 4.30. The van der Waals surface area contributed by atoms with Crippen LogP contribution in [0.2, 0.25) is 0 Å². The lowest BCUT2D eigenvalue weighted by Crippen LogP contribution is -2.26. The molecule has 35 heavy (non-hydrogen) atoms. The first-order valence-electron chi connectivity index (χ1n) is 11.0. The molecule has 0 amide bonds. The summed E-state index contributed by atoms with van der Waals surface area (Å²) in [6.45, 7) is 2.01. The minimum Gasteiger partial charge on any atom is -0.360 e. The van der Waals surface area contributed by atoms with E-state index in [4.69, 9.17) is 0 Å². The molecule has 1 atom stereocenters. The van der Waals surface area contributed by atoms with Crippen LogP contribution < -0.4 is 10.9 Å². The highest BCUT2D eigenvalue weighted by molar-refractivity contribution is 7.16. The summed E-state index contributed by atoms with van der Waals surface area (Å²) in [4.78, 5) is 36.3. The predicted molar refractivity (Wildman–Crippen MR) is 138 cm³/mol. The van der Waals surface area contributed by atoms with Crippen molar-refractivity contribution < 1.29 is 0 Å². The van der Waals surface area contributed by atoms with Crippen LogP contribution in [0.4, 0.5) is 5.82 Å². The van der Waals surface area contributed by atoms with E-state index in [1.165, 1.54) is 24.0 Å². The SMILES string of the molecule is CC(Nc1ncnc2scnc12)c1cc2cccc(-c3cncnc3)c2c(=O)n1-c1ccccc1. The average Bonchev–Trinajstić information content (AvgIpc) is 3.39. The van der Waals surface area contributed by atoms with E-state index in [1.807, 2.05) is 61.5 Å². The summed E-state index contributed by atoms with van der Waals surface area (Å²) in [5.74, 6) is 0.631. The van der Waals surface area contributed by atoms with E-state index in [-0.39, 0.29) is 11.6 Å². The summed E-state index contributed by atoms with van der Waals surface area (Å²) < 4.78 is 1.76. The zero-order valence-electron chi connectivity index (χ0n) is 18.7. The van der Waals surface area contributed by atoms with Crippen LogP contribution in [-0.2, 0) is 0 Å². The third-order valence-corrected chi connectivity index (χ3v) is 6.63. The van der Waals surface area contributed by atoms with Crippen molar-refractivity contribution >= 4 is 38.3 Å². The molecule has 0 saturated carbocycles. The Kier molecular flexibility index (Phi) is 5.23. The van der Waals surface area contributed by atoms with Crippen LogP contribution in [0.15, 0.2) is 90.0 Å². The molecular formula is C26H19N7OS. The Morgan fingerprint density at radius 2 is 1.77 bits per heavy atom. The van der Waals surface area contributed by atoms with Gasteiger partial charge in [-0.3, -0.25) is 9.36 Å². The number of anilines is 1. The van der Waals surface area contributed by atoms with Gasteiger partial charge in [-0.05, 0) is 36.1 Å². The number of aromatic nitrogens is 6. The summed E-state index contributed by atoms with van der Waals surface area (Å²) >= 11 is 1.46. The standard InChI is InChI=1S/C26H19N7OS/c1-16(32-24-23-25(30-14-29-24)35-15-31-23)21-10-17-6-5-9-20(18-11-27-13-28-12-18)22(17)26(34)33(21)19-7-3-2-4-8-19/h2-16H,1H3,(H,29,30,32). The Labute approximate surface area is 204 Å². The number of benzene rings is 2. The van der Waals surface area contributed by atoms with Gasteiger partial charge in [0.2, 0.25) is 0 Å². The number of pyridine rings is 1. The van der Waals surface area contributed by atoms with Gasteiger partial charge in [-0.15, -0.1) is 11.3 Å². The Hall–Kier alpha value is -4.50. The van der Waals surface area contributed by atoms with Gasteiger partial charge in [0.1, 0.15) is 23.0 Å². The molecular weight excluding hydrogens is 458 g/mol. The fraction of sp³-hybridized carbons (Fsp3) is 0.0769. The first-order valence-corrected chi connectivity index (χ1v) is 11.9. The van der Waals surface area contributed by atoms with Crippen molar-refractivity contribution in [3.63, 3.8) is 0 Å². The largest absolute Gasteiger partial charge is 0.360 e. The first-order chi connectivity index (χ1) is 17.2. The van der Waals surface area contributed by atoms with Crippen LogP contribution in [0.25, 0.3) is 37.9 Å². The van der Waals surface area contributed by atoms with Gasteiger partial charge in [0, 0.05) is 29.3 Å². The highest BCUT2D eigenvalue weighted by atomic mass is 32.1. The van der Waals surface area contributed by atoms with Crippen LogP contribution in [-0.4, -0.2) is 29.5 Å². The number of hydrogen-bond acceptors (Lipinski definition) is 8. The second kappa shape index (κ2) is 8.69. The van der Waals surface area contributed by atoms with Crippen molar-refractivity contribution in [1.82, 2.24) is 29.5 Å². The number of nitrogens with one attached hydrogen (secondary N) is 1. The number of hydrogen-bond donors (Lipinski definition) is 1. The number of rotatable bonds is 5. The van der Waals surface area contributed by atoms with Gasteiger partial charge in [0.05, 0.1) is 16.9 Å². The smallest absolute Gasteiger partial charge is 0.263 e. The molecule has 9 heteroatoms. The zero-order valence-corrected chi connectivity index (χ0v) is 19.5. The Morgan fingerprint density at radius 1 is 0.943 bits per heavy atom. The molecule has 4 aromatic heterocycles. The second-order valence-corrected chi connectivity index (χ2v) is 8.87. The predicted octanol–water partition coefficient (Wildman–Crippen LogP) is 5.02. The van der Waals surface area contributed by atoms with Crippen LogP contribution >= 0.6 is 11.3 Å². The molecule has 1 unspecified atom stereocenters.